The van der Waals surface area contributed by atoms with Crippen molar-refractivity contribution < 1.29 is 0 Å². The average molecular weight is 278 g/mol. The van der Waals surface area contributed by atoms with Crippen molar-refractivity contribution in [1.82, 2.24) is 24.7 Å². The van der Waals surface area contributed by atoms with E-state index in [4.69, 9.17) is 5.26 Å². The fraction of sp³-hybridized carbons (Fsp3) is 0.200. The van der Waals surface area contributed by atoms with Gasteiger partial charge in [-0.25, -0.2) is 9.97 Å². The predicted octanol–water partition coefficient (Wildman–Crippen LogP) is 2.64. The quantitative estimate of drug-likeness (QED) is 0.746. The minimum Gasteiger partial charge on any atom is -0.346 e. The van der Waals surface area contributed by atoms with Gasteiger partial charge < -0.3 is 4.98 Å². The molecule has 0 radical (unpaired) electrons. The second-order valence-corrected chi connectivity index (χ2v) is 5.25. The molecule has 21 heavy (non-hydrogen) atoms. The van der Waals surface area contributed by atoms with E-state index in [9.17, 15) is 0 Å². The zero-order chi connectivity index (χ0) is 14.9. The third-order valence-electron chi connectivity index (χ3n) is 3.37. The molecular formula is C15H14N6. The van der Waals surface area contributed by atoms with Gasteiger partial charge >= 0.3 is 0 Å². The van der Waals surface area contributed by atoms with Gasteiger partial charge in [-0.3, -0.25) is 4.68 Å². The summed E-state index contributed by atoms with van der Waals surface area (Å²) in [5.74, 6) is 0. The lowest BCUT2D eigenvalue weighted by atomic mass is 10.1. The molecule has 6 nitrogen and oxygen atoms in total. The van der Waals surface area contributed by atoms with Gasteiger partial charge in [0.1, 0.15) is 12.0 Å². The third-order valence-corrected chi connectivity index (χ3v) is 3.37. The number of aromatic nitrogens is 5. The molecule has 0 amide bonds. The summed E-state index contributed by atoms with van der Waals surface area (Å²) in [7, 11) is 0. The van der Waals surface area contributed by atoms with Crippen molar-refractivity contribution in [2.45, 2.75) is 19.4 Å². The van der Waals surface area contributed by atoms with Crippen LogP contribution in [-0.4, -0.2) is 24.7 Å². The maximum absolute atomic E-state index is 8.67. The van der Waals surface area contributed by atoms with Crippen molar-refractivity contribution in [3.63, 3.8) is 0 Å². The van der Waals surface area contributed by atoms with Crippen LogP contribution in [0.4, 0.5) is 0 Å². The van der Waals surface area contributed by atoms with Crippen molar-refractivity contribution in [2.24, 2.45) is 0 Å². The molecule has 0 spiro atoms. The van der Waals surface area contributed by atoms with Gasteiger partial charge in [0.2, 0.25) is 0 Å². The molecule has 0 aliphatic carbocycles. The number of hydrogen-bond donors (Lipinski definition) is 1. The summed E-state index contributed by atoms with van der Waals surface area (Å²) >= 11 is 0. The highest BCUT2D eigenvalue weighted by atomic mass is 15.3. The number of nitrogens with zero attached hydrogens (tertiary/aromatic N) is 5. The van der Waals surface area contributed by atoms with E-state index >= 15 is 0 Å². The summed E-state index contributed by atoms with van der Waals surface area (Å²) in [6.07, 6.45) is 10.4. The topological polar surface area (TPSA) is 83.2 Å². The van der Waals surface area contributed by atoms with Crippen LogP contribution < -0.4 is 0 Å². The largest absolute Gasteiger partial charge is 0.346 e. The molecule has 0 unspecified atom stereocenters. The number of rotatable bonds is 3. The number of H-pyrrole nitrogens is 1. The minimum absolute atomic E-state index is 0.377. The molecule has 0 saturated carbocycles. The lowest BCUT2D eigenvalue weighted by Gasteiger charge is -2.20. The fourth-order valence-corrected chi connectivity index (χ4v) is 2.18. The number of hydrogen-bond acceptors (Lipinski definition) is 4. The summed E-state index contributed by atoms with van der Waals surface area (Å²) in [5, 5.41) is 14.0. The van der Waals surface area contributed by atoms with Crippen molar-refractivity contribution >= 4 is 11.0 Å². The molecule has 3 heterocycles. The van der Waals surface area contributed by atoms with E-state index in [-0.39, 0.29) is 5.54 Å². The average Bonchev–Trinajstić information content (AvgIpc) is 3.13. The Hall–Kier alpha value is -2.94. The second kappa shape index (κ2) is 4.87. The van der Waals surface area contributed by atoms with Crippen LogP contribution in [0.25, 0.3) is 22.3 Å². The van der Waals surface area contributed by atoms with Gasteiger partial charge in [0.25, 0.3) is 0 Å². The highest BCUT2D eigenvalue weighted by Gasteiger charge is 2.19. The molecule has 0 fully saturated rings. The normalized spacial score (nSPS) is 12.0. The summed E-state index contributed by atoms with van der Waals surface area (Å²) < 4.78 is 1.82. The van der Waals surface area contributed by atoms with Gasteiger partial charge in [0.15, 0.2) is 0 Å². The molecule has 3 aromatic rings. The lowest BCUT2D eigenvalue weighted by Crippen LogP contribution is -2.23. The molecule has 0 aliphatic heterocycles. The first-order chi connectivity index (χ1) is 10.1. The predicted molar refractivity (Wildman–Crippen MR) is 79.2 cm³/mol. The molecule has 6 heteroatoms. The number of nitrogens with one attached hydrogen (secondary N) is 1. The molecule has 3 aromatic heterocycles. The molecule has 104 valence electrons. The van der Waals surface area contributed by atoms with Gasteiger partial charge in [-0.2, -0.15) is 10.4 Å². The Balaban J connectivity index is 2.05. The van der Waals surface area contributed by atoms with Crippen LogP contribution in [0.1, 0.15) is 13.8 Å². The SMILES string of the molecule is CC(C)(/C=C/C#N)n1cc(-c2ncnc3[nH]ccc23)cn1. The van der Waals surface area contributed by atoms with E-state index in [2.05, 4.69) is 20.1 Å². The zero-order valence-corrected chi connectivity index (χ0v) is 11.8. The molecule has 0 saturated heterocycles. The molecule has 0 aliphatic rings. The first-order valence-corrected chi connectivity index (χ1v) is 6.53. The van der Waals surface area contributed by atoms with Gasteiger partial charge in [0, 0.05) is 29.4 Å². The van der Waals surface area contributed by atoms with Crippen LogP contribution in [0, 0.1) is 11.3 Å². The van der Waals surface area contributed by atoms with E-state index in [1.807, 2.05) is 49.1 Å². The Kier molecular flexibility index (Phi) is 3.03. The van der Waals surface area contributed by atoms with E-state index < -0.39 is 0 Å². The standard InChI is InChI=1S/C15H14N6/c1-15(2,5-3-6-16)21-9-11(8-20-21)13-12-4-7-17-14(12)19-10-18-13/h3-5,7-10H,1-2H3,(H,17,18,19)/b5-3+. The van der Waals surface area contributed by atoms with E-state index in [1.165, 1.54) is 12.4 Å². The van der Waals surface area contributed by atoms with Gasteiger partial charge in [-0.15, -0.1) is 0 Å². The summed E-state index contributed by atoms with van der Waals surface area (Å²) in [5.41, 5.74) is 2.18. The maximum atomic E-state index is 8.67. The molecular weight excluding hydrogens is 264 g/mol. The zero-order valence-electron chi connectivity index (χ0n) is 11.8. The third kappa shape index (κ3) is 2.30. The maximum Gasteiger partial charge on any atom is 0.141 e. The van der Waals surface area contributed by atoms with Gasteiger partial charge in [-0.1, -0.05) is 0 Å². The van der Waals surface area contributed by atoms with Crippen LogP contribution in [-0.2, 0) is 5.54 Å². The molecule has 0 atom stereocenters. The molecule has 0 bridgehead atoms. The van der Waals surface area contributed by atoms with Crippen molar-refractivity contribution in [1.29, 1.82) is 5.26 Å². The first-order valence-electron chi connectivity index (χ1n) is 6.53. The Morgan fingerprint density at radius 1 is 1.38 bits per heavy atom. The monoisotopic (exact) mass is 278 g/mol. The Morgan fingerprint density at radius 2 is 2.24 bits per heavy atom. The molecule has 1 N–H and O–H groups in total. The smallest absolute Gasteiger partial charge is 0.141 e. The number of nitriles is 1. The van der Waals surface area contributed by atoms with Crippen LogP contribution in [0.5, 0.6) is 0 Å². The minimum atomic E-state index is -0.377. The van der Waals surface area contributed by atoms with Crippen LogP contribution in [0.2, 0.25) is 0 Å². The van der Waals surface area contributed by atoms with Gasteiger partial charge in [0.05, 0.1) is 23.5 Å². The second-order valence-electron chi connectivity index (χ2n) is 5.25. The summed E-state index contributed by atoms with van der Waals surface area (Å²) in [6, 6.07) is 3.95. The van der Waals surface area contributed by atoms with E-state index in [0.717, 1.165) is 22.3 Å². The number of allylic oxidation sites excluding steroid dienone is 2. The van der Waals surface area contributed by atoms with Crippen molar-refractivity contribution in [2.75, 3.05) is 0 Å². The number of fused-ring (bicyclic) bond motifs is 1. The fourth-order valence-electron chi connectivity index (χ4n) is 2.18. The lowest BCUT2D eigenvalue weighted by molar-refractivity contribution is 0.406. The number of aromatic amines is 1. The summed E-state index contributed by atoms with van der Waals surface area (Å²) in [6.45, 7) is 3.98. The Labute approximate surface area is 121 Å². The van der Waals surface area contributed by atoms with Crippen molar-refractivity contribution in [3.8, 4) is 17.3 Å². The Bertz CT molecular complexity index is 846. The van der Waals surface area contributed by atoms with E-state index in [0.29, 0.717) is 0 Å². The van der Waals surface area contributed by atoms with Crippen LogP contribution in [0.3, 0.4) is 0 Å². The van der Waals surface area contributed by atoms with E-state index in [1.54, 1.807) is 6.20 Å². The van der Waals surface area contributed by atoms with Crippen LogP contribution >= 0.6 is 0 Å². The first kappa shape index (κ1) is 13.1. The van der Waals surface area contributed by atoms with Crippen molar-refractivity contribution in [3.05, 3.63) is 43.1 Å². The molecule has 3 rings (SSSR count). The highest BCUT2D eigenvalue weighted by Crippen LogP contribution is 2.26. The van der Waals surface area contributed by atoms with Gasteiger partial charge in [-0.05, 0) is 26.0 Å². The summed E-state index contributed by atoms with van der Waals surface area (Å²) in [4.78, 5) is 11.6. The Morgan fingerprint density at radius 3 is 3.05 bits per heavy atom. The van der Waals surface area contributed by atoms with Crippen LogP contribution in [0.15, 0.2) is 43.1 Å². The molecule has 0 aromatic carbocycles. The highest BCUT2D eigenvalue weighted by molar-refractivity contribution is 5.89.